The molecule has 0 atom stereocenters. The number of anilines is 1. The van der Waals surface area contributed by atoms with E-state index in [2.05, 4.69) is 0 Å². The van der Waals surface area contributed by atoms with Crippen LogP contribution in [0.15, 0.2) is 97.1 Å². The summed E-state index contributed by atoms with van der Waals surface area (Å²) in [7, 11) is 0. The van der Waals surface area contributed by atoms with Crippen LogP contribution in [0.5, 0.6) is 0 Å². The first-order valence-corrected chi connectivity index (χ1v) is 19.8. The van der Waals surface area contributed by atoms with E-state index in [1.807, 2.05) is 6.92 Å². The number of hydrogen-bond acceptors (Lipinski definition) is 15. The first-order valence-electron chi connectivity index (χ1n) is 19.8. The van der Waals surface area contributed by atoms with Gasteiger partial charge in [-0.3, -0.25) is 38.9 Å². The van der Waals surface area contributed by atoms with Gasteiger partial charge in [0, 0.05) is 17.3 Å². The highest BCUT2D eigenvalue weighted by Crippen LogP contribution is 2.31. The summed E-state index contributed by atoms with van der Waals surface area (Å²) in [4.78, 5) is 87.1. The minimum atomic E-state index is -1.98. The van der Waals surface area contributed by atoms with Gasteiger partial charge < -0.3 is 34.2 Å². The van der Waals surface area contributed by atoms with Crippen molar-refractivity contribution < 1.29 is 62.1 Å². The van der Waals surface area contributed by atoms with Gasteiger partial charge in [-0.05, 0) is 81.5 Å². The van der Waals surface area contributed by atoms with Crippen LogP contribution in [-0.4, -0.2) is 80.4 Å². The summed E-state index contributed by atoms with van der Waals surface area (Å²) in [6.07, 6.45) is -0.229. The van der Waals surface area contributed by atoms with Crippen molar-refractivity contribution in [3.8, 4) is 0 Å². The Bertz CT molecular complexity index is 2150. The lowest BCUT2D eigenvalue weighted by atomic mass is 9.81. The van der Waals surface area contributed by atoms with Gasteiger partial charge in [-0.25, -0.2) is 0 Å². The summed E-state index contributed by atoms with van der Waals surface area (Å²) in [5.74, 6) is -4.73. The fourth-order valence-electron chi connectivity index (χ4n) is 6.20. The first-order chi connectivity index (χ1) is 29.6. The molecule has 0 bridgehead atoms. The molecule has 0 aliphatic heterocycles. The number of rotatable bonds is 19. The molecular formula is C46H52N2O14. The SMILES string of the molecule is CCOC(=O)C(COC(=O)Cc1ccc(N)c(C)c1)(C(=O)OCC)c1ccccc1.CCOC(=O)C(COC(=O)Cc1ccc([N+](=O)[O-])c(C)c1)(C(=O)OCC)c1ccccc1. The molecule has 330 valence electrons. The van der Waals surface area contributed by atoms with E-state index in [0.717, 1.165) is 5.56 Å². The summed E-state index contributed by atoms with van der Waals surface area (Å²) in [5, 5.41) is 11.0. The highest BCUT2D eigenvalue weighted by molar-refractivity contribution is 6.07. The smallest absolute Gasteiger partial charge is 0.331 e. The van der Waals surface area contributed by atoms with Crippen LogP contribution in [0.25, 0.3) is 0 Å². The topological polar surface area (TPSA) is 227 Å². The van der Waals surface area contributed by atoms with E-state index in [9.17, 15) is 38.9 Å². The van der Waals surface area contributed by atoms with Gasteiger partial charge in [0.05, 0.1) is 44.2 Å². The summed E-state index contributed by atoms with van der Waals surface area (Å²) < 4.78 is 31.3. The highest BCUT2D eigenvalue weighted by Gasteiger charge is 2.53. The van der Waals surface area contributed by atoms with E-state index in [-0.39, 0.29) is 50.5 Å². The van der Waals surface area contributed by atoms with Crippen LogP contribution in [0.2, 0.25) is 0 Å². The fraction of sp³-hybridized carbons (Fsp3) is 0.348. The third-order valence-corrected chi connectivity index (χ3v) is 9.42. The van der Waals surface area contributed by atoms with Gasteiger partial charge in [0.15, 0.2) is 0 Å². The first kappa shape index (κ1) is 49.3. The Morgan fingerprint density at radius 3 is 1.21 bits per heavy atom. The van der Waals surface area contributed by atoms with Crippen molar-refractivity contribution in [1.82, 2.24) is 0 Å². The molecular weight excluding hydrogens is 805 g/mol. The second-order valence-corrected chi connectivity index (χ2v) is 13.7. The zero-order valence-electron chi connectivity index (χ0n) is 35.6. The number of ether oxygens (including phenoxy) is 6. The van der Waals surface area contributed by atoms with Gasteiger partial charge in [-0.1, -0.05) is 78.9 Å². The lowest BCUT2D eigenvalue weighted by Crippen LogP contribution is -2.50. The molecule has 4 aromatic carbocycles. The maximum atomic E-state index is 12.9. The van der Waals surface area contributed by atoms with E-state index in [1.165, 1.54) is 18.2 Å². The zero-order valence-corrected chi connectivity index (χ0v) is 35.6. The number of nitro groups is 1. The molecule has 0 aliphatic carbocycles. The third kappa shape index (κ3) is 12.5. The number of aryl methyl sites for hydroxylation is 2. The summed E-state index contributed by atoms with van der Waals surface area (Å²) in [6.45, 7) is 8.89. The Hall–Kier alpha value is -7.10. The quantitative estimate of drug-likeness (QED) is 0.0294. The Labute approximate surface area is 359 Å². The van der Waals surface area contributed by atoms with Crippen LogP contribution in [0, 0.1) is 24.0 Å². The van der Waals surface area contributed by atoms with Crippen LogP contribution >= 0.6 is 0 Å². The van der Waals surface area contributed by atoms with Gasteiger partial charge in [-0.2, -0.15) is 0 Å². The number of nitrogens with zero attached hydrogens (tertiary/aromatic N) is 1. The van der Waals surface area contributed by atoms with Crippen LogP contribution in [0.3, 0.4) is 0 Å². The average Bonchev–Trinajstić information content (AvgIpc) is 3.24. The highest BCUT2D eigenvalue weighted by atomic mass is 16.6. The monoisotopic (exact) mass is 856 g/mol. The predicted molar refractivity (Wildman–Crippen MR) is 226 cm³/mol. The molecule has 16 nitrogen and oxygen atoms in total. The van der Waals surface area contributed by atoms with E-state index >= 15 is 0 Å². The molecule has 4 rings (SSSR count). The fourth-order valence-corrected chi connectivity index (χ4v) is 6.20. The lowest BCUT2D eigenvalue weighted by molar-refractivity contribution is -0.385. The van der Waals surface area contributed by atoms with Crippen molar-refractivity contribution in [2.45, 2.75) is 65.2 Å². The van der Waals surface area contributed by atoms with Crippen LogP contribution in [-0.2, 0) is 80.9 Å². The second-order valence-electron chi connectivity index (χ2n) is 13.7. The molecule has 62 heavy (non-hydrogen) atoms. The number of esters is 6. The predicted octanol–water partition coefficient (Wildman–Crippen LogP) is 5.78. The molecule has 0 aliphatic rings. The molecule has 16 heteroatoms. The Morgan fingerprint density at radius 2 is 0.887 bits per heavy atom. The zero-order chi connectivity index (χ0) is 45.9. The summed E-state index contributed by atoms with van der Waals surface area (Å²) >= 11 is 0. The van der Waals surface area contributed by atoms with Crippen molar-refractivity contribution in [2.24, 2.45) is 0 Å². The molecule has 0 radical (unpaired) electrons. The Morgan fingerprint density at radius 1 is 0.532 bits per heavy atom. The molecule has 0 saturated carbocycles. The number of nitro benzene ring substituents is 1. The van der Waals surface area contributed by atoms with E-state index in [4.69, 9.17) is 34.2 Å². The largest absolute Gasteiger partial charge is 0.465 e. The van der Waals surface area contributed by atoms with Gasteiger partial charge in [0.25, 0.3) is 5.69 Å². The molecule has 0 aromatic heterocycles. The molecule has 4 aromatic rings. The molecule has 0 amide bonds. The minimum absolute atomic E-state index is 0.0167. The minimum Gasteiger partial charge on any atom is -0.465 e. The van der Waals surface area contributed by atoms with Crippen LogP contribution in [0.1, 0.15) is 61.1 Å². The molecule has 0 fully saturated rings. The number of benzene rings is 4. The third-order valence-electron chi connectivity index (χ3n) is 9.42. The van der Waals surface area contributed by atoms with E-state index in [0.29, 0.717) is 27.9 Å². The standard InChI is InChI=1S/C23H25NO8.C23H27NO6/c1-4-30-21(26)23(22(27)31-5-2,18-9-7-6-8-10-18)15-32-20(25)14-17-11-12-19(24(28)29)16(3)13-17;1-4-28-21(26)23(22(27)29-5-2,18-9-7-6-8-10-18)15-30-20(25)14-17-11-12-19(24)16(3)13-17/h6-13H,4-5,14-15H2,1-3H3;6-13H,4-5,14-15,24H2,1-3H3. The molecule has 0 spiro atoms. The number of nitrogens with two attached hydrogens (primary N) is 1. The van der Waals surface area contributed by atoms with E-state index in [1.54, 1.807) is 113 Å². The van der Waals surface area contributed by atoms with Gasteiger partial charge in [0.2, 0.25) is 10.8 Å². The number of hydrogen-bond donors (Lipinski definition) is 1. The number of nitrogen functional groups attached to an aromatic ring is 1. The molecule has 0 heterocycles. The van der Waals surface area contributed by atoms with Crippen molar-refractivity contribution >= 4 is 47.2 Å². The van der Waals surface area contributed by atoms with Crippen molar-refractivity contribution in [2.75, 3.05) is 45.4 Å². The van der Waals surface area contributed by atoms with Gasteiger partial charge in [-0.15, -0.1) is 0 Å². The summed E-state index contributed by atoms with van der Waals surface area (Å²) in [6, 6.07) is 25.9. The number of carbonyl (C=O) groups excluding carboxylic acids is 6. The molecule has 2 N–H and O–H groups in total. The maximum absolute atomic E-state index is 12.9. The lowest BCUT2D eigenvalue weighted by Gasteiger charge is -2.29. The summed E-state index contributed by atoms with van der Waals surface area (Å²) in [5.41, 5.74) is 5.55. The molecule has 0 saturated heterocycles. The van der Waals surface area contributed by atoms with Crippen LogP contribution < -0.4 is 5.73 Å². The Kier molecular flexibility index (Phi) is 18.8. The average molecular weight is 857 g/mol. The van der Waals surface area contributed by atoms with Crippen molar-refractivity contribution in [3.05, 3.63) is 141 Å². The van der Waals surface area contributed by atoms with Crippen molar-refractivity contribution in [3.63, 3.8) is 0 Å². The van der Waals surface area contributed by atoms with Crippen LogP contribution in [0.4, 0.5) is 11.4 Å². The van der Waals surface area contributed by atoms with Gasteiger partial charge >= 0.3 is 35.8 Å². The van der Waals surface area contributed by atoms with Crippen molar-refractivity contribution in [1.29, 1.82) is 0 Å². The van der Waals surface area contributed by atoms with E-state index < -0.39 is 64.8 Å². The maximum Gasteiger partial charge on any atom is 0.331 e. The Balaban J connectivity index is 0.000000331. The van der Waals surface area contributed by atoms with Gasteiger partial charge in [0.1, 0.15) is 13.2 Å². The molecule has 0 unspecified atom stereocenters. The second kappa shape index (κ2) is 23.6. The number of carbonyl (C=O) groups is 6. The normalized spacial score (nSPS) is 10.9.